The molecule has 210 valence electrons. The van der Waals surface area contributed by atoms with Crippen molar-refractivity contribution < 1.29 is 35.9 Å². The van der Waals surface area contributed by atoms with Gasteiger partial charge in [0.25, 0.3) is 5.91 Å². The number of fused-ring (bicyclic) bond motifs is 3. The average molecular weight is 566 g/mol. The summed E-state index contributed by atoms with van der Waals surface area (Å²) in [6.45, 7) is -2.59. The van der Waals surface area contributed by atoms with Gasteiger partial charge >= 0.3 is 18.4 Å². The molecule has 2 N–H and O–H groups in total. The van der Waals surface area contributed by atoms with E-state index in [-0.39, 0.29) is 30.2 Å². The van der Waals surface area contributed by atoms with E-state index in [4.69, 9.17) is 5.73 Å². The second kappa shape index (κ2) is 9.53. The summed E-state index contributed by atoms with van der Waals surface area (Å²) >= 11 is 0. The molecule has 0 saturated carbocycles. The van der Waals surface area contributed by atoms with Gasteiger partial charge in [0.2, 0.25) is 0 Å². The first-order valence-electron chi connectivity index (χ1n) is 11.7. The topological polar surface area (TPSA) is 113 Å². The number of urea groups is 1. The average Bonchev–Trinajstić information content (AvgIpc) is 3.44. The van der Waals surface area contributed by atoms with Crippen LogP contribution in [0.3, 0.4) is 0 Å². The first-order valence-corrected chi connectivity index (χ1v) is 11.7. The van der Waals surface area contributed by atoms with E-state index in [1.54, 1.807) is 7.05 Å². The van der Waals surface area contributed by atoms with Crippen LogP contribution in [0.25, 0.3) is 21.8 Å². The smallest absolute Gasteiger partial charge is 0.383 e. The van der Waals surface area contributed by atoms with Crippen molar-refractivity contribution >= 4 is 39.6 Å². The first kappa shape index (κ1) is 27.0. The fourth-order valence-corrected chi connectivity index (χ4v) is 4.50. The molecule has 5 rings (SSSR count). The van der Waals surface area contributed by atoms with Gasteiger partial charge in [-0.1, -0.05) is 0 Å². The normalized spacial score (nSPS) is 14.5. The SMILES string of the molecule is Cn1ncc2c(N)nc3ccc(C(=O)N(Cc4ccc(C(F)(F)F)cn4)N4CCN(CC(F)(F)F)C4=O)cc3c21. The summed E-state index contributed by atoms with van der Waals surface area (Å²) in [7, 11) is 1.66. The molecular weight excluding hydrogens is 546 g/mol. The molecule has 40 heavy (non-hydrogen) atoms. The van der Waals surface area contributed by atoms with Crippen LogP contribution in [0.15, 0.2) is 42.7 Å². The van der Waals surface area contributed by atoms with Crippen LogP contribution in [0, 0.1) is 0 Å². The lowest BCUT2D eigenvalue weighted by Gasteiger charge is -2.31. The number of nitrogen functional groups attached to an aromatic ring is 1. The molecule has 0 radical (unpaired) electrons. The number of alkyl halides is 6. The number of nitrogens with zero attached hydrogens (tertiary/aromatic N) is 7. The second-order valence-corrected chi connectivity index (χ2v) is 9.10. The Morgan fingerprint density at radius 3 is 2.45 bits per heavy atom. The fraction of sp³-hybridized carbons (Fsp3) is 0.292. The Morgan fingerprint density at radius 2 is 1.80 bits per heavy atom. The zero-order chi connectivity index (χ0) is 29.0. The summed E-state index contributed by atoms with van der Waals surface area (Å²) in [6, 6.07) is 5.11. The Balaban J connectivity index is 1.54. The van der Waals surface area contributed by atoms with Crippen LogP contribution in [0.5, 0.6) is 0 Å². The molecule has 16 heteroatoms. The Kier molecular flexibility index (Phi) is 6.42. The highest BCUT2D eigenvalue weighted by atomic mass is 19.4. The molecule has 0 unspecified atom stereocenters. The van der Waals surface area contributed by atoms with Crippen molar-refractivity contribution in [1.82, 2.24) is 34.7 Å². The number of pyridine rings is 2. The molecule has 0 aliphatic carbocycles. The molecule has 0 bridgehead atoms. The van der Waals surface area contributed by atoms with Crippen molar-refractivity contribution in [3.05, 3.63) is 59.5 Å². The predicted molar refractivity (Wildman–Crippen MR) is 129 cm³/mol. The van der Waals surface area contributed by atoms with Crippen LogP contribution in [0.1, 0.15) is 21.6 Å². The van der Waals surface area contributed by atoms with E-state index in [1.165, 1.54) is 29.1 Å². The second-order valence-electron chi connectivity index (χ2n) is 9.10. The zero-order valence-electron chi connectivity index (χ0n) is 20.7. The summed E-state index contributed by atoms with van der Waals surface area (Å²) < 4.78 is 79.6. The lowest BCUT2D eigenvalue weighted by molar-refractivity contribution is -0.139. The van der Waals surface area contributed by atoms with E-state index in [1.807, 2.05) is 0 Å². The van der Waals surface area contributed by atoms with Crippen molar-refractivity contribution in [3.8, 4) is 0 Å². The summed E-state index contributed by atoms with van der Waals surface area (Å²) in [5, 5.41) is 6.90. The van der Waals surface area contributed by atoms with Crippen molar-refractivity contribution in [3.63, 3.8) is 0 Å². The maximum Gasteiger partial charge on any atom is 0.417 e. The van der Waals surface area contributed by atoms with Crippen molar-refractivity contribution in [2.75, 3.05) is 25.4 Å². The lowest BCUT2D eigenvalue weighted by Crippen LogP contribution is -2.49. The maximum atomic E-state index is 13.8. The van der Waals surface area contributed by atoms with Gasteiger partial charge in [0.15, 0.2) is 0 Å². The van der Waals surface area contributed by atoms with E-state index in [2.05, 4.69) is 15.1 Å². The number of carbonyl (C=O) groups is 2. The van der Waals surface area contributed by atoms with Gasteiger partial charge in [-0.15, -0.1) is 0 Å². The number of amides is 3. The number of halogens is 6. The van der Waals surface area contributed by atoms with Gasteiger partial charge in [0, 0.05) is 30.7 Å². The molecule has 1 aromatic carbocycles. The fourth-order valence-electron chi connectivity index (χ4n) is 4.50. The molecule has 0 spiro atoms. The monoisotopic (exact) mass is 566 g/mol. The number of hydrogen-bond donors (Lipinski definition) is 1. The molecule has 3 amide bonds. The van der Waals surface area contributed by atoms with Crippen LogP contribution in [-0.2, 0) is 19.8 Å². The minimum absolute atomic E-state index is 0.0207. The van der Waals surface area contributed by atoms with Crippen molar-refractivity contribution in [2.24, 2.45) is 7.05 Å². The predicted octanol–water partition coefficient (Wildman–Crippen LogP) is 3.97. The molecule has 1 saturated heterocycles. The molecular formula is C24H20F6N8O2. The van der Waals surface area contributed by atoms with Gasteiger partial charge in [-0.3, -0.25) is 14.5 Å². The minimum Gasteiger partial charge on any atom is -0.383 e. The summed E-state index contributed by atoms with van der Waals surface area (Å²) in [5.74, 6) is -0.574. The number of hydrogen-bond acceptors (Lipinski definition) is 6. The number of aromatic nitrogens is 4. The Morgan fingerprint density at radius 1 is 1.05 bits per heavy atom. The summed E-state index contributed by atoms with van der Waals surface area (Å²) in [6.07, 6.45) is -7.24. The van der Waals surface area contributed by atoms with Crippen LogP contribution in [-0.4, -0.2) is 72.4 Å². The third kappa shape index (κ3) is 5.03. The van der Waals surface area contributed by atoms with E-state index >= 15 is 0 Å². The molecule has 1 aliphatic heterocycles. The minimum atomic E-state index is -4.67. The molecule has 0 atom stereocenters. The molecule has 3 aromatic heterocycles. The highest BCUT2D eigenvalue weighted by Crippen LogP contribution is 2.31. The number of benzene rings is 1. The third-order valence-corrected chi connectivity index (χ3v) is 6.39. The van der Waals surface area contributed by atoms with E-state index < -0.39 is 42.9 Å². The Labute approximate surface area is 221 Å². The number of aryl methyl sites for hydroxylation is 1. The van der Waals surface area contributed by atoms with Crippen LogP contribution in [0.2, 0.25) is 0 Å². The van der Waals surface area contributed by atoms with Gasteiger partial charge in [0.05, 0.1) is 47.0 Å². The number of hydrazine groups is 1. The number of rotatable bonds is 5. The van der Waals surface area contributed by atoms with Crippen LogP contribution >= 0.6 is 0 Å². The standard InChI is InChI=1S/C24H20F6N8O2/c1-35-19-16-8-13(2-5-18(16)34-20(31)17(19)10-33-35)21(39)38(11-15-4-3-14(9-32-15)24(28,29)30)37-7-6-36(22(37)40)12-23(25,26)27/h2-5,8-10H,6-7,11-12H2,1H3,(H2,31,34). The van der Waals surface area contributed by atoms with E-state index in [9.17, 15) is 35.9 Å². The van der Waals surface area contributed by atoms with Crippen LogP contribution < -0.4 is 5.73 Å². The third-order valence-electron chi connectivity index (χ3n) is 6.39. The first-order chi connectivity index (χ1) is 18.7. The van der Waals surface area contributed by atoms with Gasteiger partial charge in [-0.2, -0.15) is 31.4 Å². The van der Waals surface area contributed by atoms with Crippen LogP contribution in [0.4, 0.5) is 37.0 Å². The Hall–Kier alpha value is -4.63. The van der Waals surface area contributed by atoms with Gasteiger partial charge in [0.1, 0.15) is 12.4 Å². The summed E-state index contributed by atoms with van der Waals surface area (Å²) in [4.78, 5) is 35.3. The largest absolute Gasteiger partial charge is 0.417 e. The molecule has 1 fully saturated rings. The highest BCUT2D eigenvalue weighted by Gasteiger charge is 2.41. The number of anilines is 1. The Bertz CT molecular complexity index is 1620. The van der Waals surface area contributed by atoms with E-state index in [0.717, 1.165) is 22.2 Å². The van der Waals surface area contributed by atoms with Crippen molar-refractivity contribution in [2.45, 2.75) is 18.9 Å². The molecule has 1 aliphatic rings. The number of carbonyl (C=O) groups excluding carboxylic acids is 2. The van der Waals surface area contributed by atoms with Gasteiger partial charge in [-0.25, -0.2) is 19.8 Å². The quantitative estimate of drug-likeness (QED) is 0.366. The molecule has 4 heterocycles. The summed E-state index contributed by atoms with van der Waals surface area (Å²) in [5.41, 5.74) is 6.02. The van der Waals surface area contributed by atoms with E-state index in [0.29, 0.717) is 32.9 Å². The highest BCUT2D eigenvalue weighted by molar-refractivity contribution is 6.10. The van der Waals surface area contributed by atoms with Gasteiger partial charge < -0.3 is 10.6 Å². The van der Waals surface area contributed by atoms with Gasteiger partial charge in [-0.05, 0) is 30.3 Å². The number of nitrogens with two attached hydrogens (primary N) is 1. The molecule has 10 nitrogen and oxygen atoms in total. The van der Waals surface area contributed by atoms with Crippen molar-refractivity contribution in [1.29, 1.82) is 0 Å². The maximum absolute atomic E-state index is 13.8. The lowest BCUT2D eigenvalue weighted by atomic mass is 10.1. The zero-order valence-corrected chi connectivity index (χ0v) is 20.7. The molecule has 4 aromatic rings.